The maximum absolute atomic E-state index is 12.5. The van der Waals surface area contributed by atoms with Gasteiger partial charge in [0.1, 0.15) is 11.8 Å². The molecule has 1 unspecified atom stereocenters. The molecule has 1 heterocycles. The molecule has 1 aromatic heterocycles. The van der Waals surface area contributed by atoms with Crippen LogP contribution in [0.4, 0.5) is 13.2 Å². The molecule has 0 aliphatic carbocycles. The van der Waals surface area contributed by atoms with E-state index < -0.39 is 17.9 Å². The molecule has 0 spiro atoms. The van der Waals surface area contributed by atoms with E-state index >= 15 is 0 Å². The van der Waals surface area contributed by atoms with Gasteiger partial charge in [-0.25, -0.2) is 0 Å². The van der Waals surface area contributed by atoms with Crippen molar-refractivity contribution in [1.82, 2.24) is 9.78 Å². The lowest BCUT2D eigenvalue weighted by Crippen LogP contribution is -2.37. The average molecular weight is 266 g/mol. The Balaban J connectivity index is 2.71. The Morgan fingerprint density at radius 2 is 2.24 bits per heavy atom. The van der Waals surface area contributed by atoms with E-state index in [4.69, 9.17) is 11.1 Å². The monoisotopic (exact) mass is 266 g/mol. The number of rotatable bonds is 4. The van der Waals surface area contributed by atoms with E-state index in [2.05, 4.69) is 5.10 Å². The van der Waals surface area contributed by atoms with Crippen LogP contribution in [0, 0.1) is 18.3 Å². The van der Waals surface area contributed by atoms with Crippen LogP contribution in [0.5, 0.6) is 0 Å². The fraction of sp³-hybridized carbons (Fsp3) is 0.556. The van der Waals surface area contributed by atoms with Crippen LogP contribution in [-0.2, 0) is 7.05 Å². The second kappa shape index (κ2) is 4.99. The number of aryl methyl sites for hydroxylation is 2. The number of nitrogens with one attached hydrogen (secondary N) is 1. The van der Waals surface area contributed by atoms with Gasteiger partial charge in [0, 0.05) is 12.8 Å². The topological polar surface area (TPSA) is 67.7 Å². The number of nitrogens with two attached hydrogens (primary N) is 1. The molecule has 0 aromatic carbocycles. The molecule has 1 atom stereocenters. The lowest BCUT2D eigenvalue weighted by Gasteiger charge is -2.18. The van der Waals surface area contributed by atoms with Crippen LogP contribution in [0.2, 0.25) is 0 Å². The summed E-state index contributed by atoms with van der Waals surface area (Å²) in [5, 5.41) is 11.6. The first kappa shape index (κ1) is 13.9. The lowest BCUT2D eigenvalue weighted by atomic mass is 10.1. The Morgan fingerprint density at radius 1 is 1.65 bits per heavy atom. The van der Waals surface area contributed by atoms with Crippen LogP contribution in [-0.4, -0.2) is 27.5 Å². The third kappa shape index (κ3) is 3.65. The molecule has 8 heteroatoms. The zero-order chi connectivity index (χ0) is 13.2. The molecule has 3 N–H and O–H groups in total. The molecule has 0 aliphatic heterocycles. The maximum atomic E-state index is 12.5. The summed E-state index contributed by atoms with van der Waals surface area (Å²) in [5.74, 6) is -3.08. The van der Waals surface area contributed by atoms with Crippen molar-refractivity contribution in [3.8, 4) is 0 Å². The summed E-state index contributed by atoms with van der Waals surface area (Å²) in [5.41, 5.74) is 5.70. The minimum absolute atomic E-state index is 0.308. The zero-order valence-electron chi connectivity index (χ0n) is 9.38. The van der Waals surface area contributed by atoms with Crippen molar-refractivity contribution < 1.29 is 13.2 Å². The fourth-order valence-corrected chi connectivity index (χ4v) is 2.44. The first-order valence-electron chi connectivity index (χ1n) is 4.76. The second-order valence-electron chi connectivity index (χ2n) is 3.61. The molecule has 0 aliphatic rings. The quantitative estimate of drug-likeness (QED) is 0.497. The van der Waals surface area contributed by atoms with Gasteiger partial charge < -0.3 is 5.73 Å². The molecule has 0 radical (unpaired) electrons. The van der Waals surface area contributed by atoms with Crippen molar-refractivity contribution in [3.05, 3.63) is 11.8 Å². The van der Waals surface area contributed by atoms with Crippen molar-refractivity contribution in [1.29, 1.82) is 5.41 Å². The van der Waals surface area contributed by atoms with E-state index in [1.54, 1.807) is 20.0 Å². The van der Waals surface area contributed by atoms with Gasteiger partial charge in [-0.3, -0.25) is 10.1 Å². The standard InChI is InChI=1S/C9H13F3N4S/c1-5-3-7(16(2)15-5)17-4-6(8(13)14)9(10,11)12/h3,6H,4H2,1-2H3,(H3,13,14). The highest BCUT2D eigenvalue weighted by atomic mass is 32.2. The Labute approximate surface area is 101 Å². The number of alkyl halides is 3. The predicted molar refractivity (Wildman–Crippen MR) is 60.1 cm³/mol. The third-order valence-electron chi connectivity index (χ3n) is 2.13. The number of hydrogen-bond donors (Lipinski definition) is 2. The molecular formula is C9H13F3N4S. The summed E-state index contributed by atoms with van der Waals surface area (Å²) in [7, 11) is 1.66. The molecule has 1 rings (SSSR count). The molecule has 0 fully saturated rings. The number of thioether (sulfide) groups is 1. The van der Waals surface area contributed by atoms with Crippen LogP contribution in [0.15, 0.2) is 11.1 Å². The number of halogens is 3. The predicted octanol–water partition coefficient (Wildman–Crippen LogP) is 1.94. The molecule has 0 saturated carbocycles. The molecule has 17 heavy (non-hydrogen) atoms. The molecule has 0 bridgehead atoms. The highest BCUT2D eigenvalue weighted by Gasteiger charge is 2.41. The number of aromatic nitrogens is 2. The highest BCUT2D eigenvalue weighted by Crippen LogP contribution is 2.31. The Kier molecular flexibility index (Phi) is 4.07. The van der Waals surface area contributed by atoms with Crippen LogP contribution in [0.1, 0.15) is 5.69 Å². The largest absolute Gasteiger partial charge is 0.399 e. The van der Waals surface area contributed by atoms with Crippen molar-refractivity contribution in [2.45, 2.75) is 18.1 Å². The van der Waals surface area contributed by atoms with E-state index in [0.717, 1.165) is 17.5 Å². The second-order valence-corrected chi connectivity index (χ2v) is 4.65. The molecule has 0 amide bonds. The molecule has 0 saturated heterocycles. The lowest BCUT2D eigenvalue weighted by molar-refractivity contribution is -0.150. The van der Waals surface area contributed by atoms with Gasteiger partial charge >= 0.3 is 6.18 Å². The first-order valence-corrected chi connectivity index (χ1v) is 5.74. The first-order chi connectivity index (χ1) is 7.71. The van der Waals surface area contributed by atoms with Crippen molar-refractivity contribution in [2.75, 3.05) is 5.75 Å². The number of amidine groups is 1. The smallest absolute Gasteiger partial charge is 0.387 e. The molecular weight excluding hydrogens is 253 g/mol. The Hall–Kier alpha value is -1.18. The van der Waals surface area contributed by atoms with E-state index in [9.17, 15) is 13.2 Å². The van der Waals surface area contributed by atoms with Crippen molar-refractivity contribution >= 4 is 17.6 Å². The summed E-state index contributed by atoms with van der Waals surface area (Å²) in [6.45, 7) is 1.76. The van der Waals surface area contributed by atoms with E-state index in [-0.39, 0.29) is 5.75 Å². The summed E-state index contributed by atoms with van der Waals surface area (Å²) >= 11 is 0.991. The van der Waals surface area contributed by atoms with Crippen LogP contribution >= 0.6 is 11.8 Å². The minimum atomic E-state index is -4.48. The summed E-state index contributed by atoms with van der Waals surface area (Å²) in [6.07, 6.45) is -4.48. The van der Waals surface area contributed by atoms with Gasteiger partial charge in [0.15, 0.2) is 0 Å². The van der Waals surface area contributed by atoms with E-state index in [1.807, 2.05) is 0 Å². The van der Waals surface area contributed by atoms with Crippen molar-refractivity contribution in [3.63, 3.8) is 0 Å². The maximum Gasteiger partial charge on any atom is 0.399 e. The third-order valence-corrected chi connectivity index (χ3v) is 3.31. The van der Waals surface area contributed by atoms with Crippen LogP contribution < -0.4 is 5.73 Å². The van der Waals surface area contributed by atoms with Gasteiger partial charge in [0.2, 0.25) is 0 Å². The van der Waals surface area contributed by atoms with Gasteiger partial charge in [-0.15, -0.1) is 11.8 Å². The summed E-state index contributed by atoms with van der Waals surface area (Å²) in [4.78, 5) is 0. The molecule has 96 valence electrons. The van der Waals surface area contributed by atoms with Crippen LogP contribution in [0.25, 0.3) is 0 Å². The number of hydrogen-bond acceptors (Lipinski definition) is 3. The van der Waals surface area contributed by atoms with Gasteiger partial charge in [-0.2, -0.15) is 18.3 Å². The normalized spacial score (nSPS) is 13.7. The Bertz CT molecular complexity index is 413. The minimum Gasteiger partial charge on any atom is -0.387 e. The average Bonchev–Trinajstić information content (AvgIpc) is 2.42. The zero-order valence-corrected chi connectivity index (χ0v) is 10.2. The fourth-order valence-electron chi connectivity index (χ4n) is 1.25. The van der Waals surface area contributed by atoms with Gasteiger partial charge in [0.25, 0.3) is 0 Å². The Morgan fingerprint density at radius 3 is 2.59 bits per heavy atom. The van der Waals surface area contributed by atoms with Gasteiger partial charge in [-0.1, -0.05) is 0 Å². The summed E-state index contributed by atoms with van der Waals surface area (Å²) < 4.78 is 39.1. The van der Waals surface area contributed by atoms with E-state index in [1.165, 1.54) is 4.68 Å². The molecule has 4 nitrogen and oxygen atoms in total. The van der Waals surface area contributed by atoms with Crippen molar-refractivity contribution in [2.24, 2.45) is 18.7 Å². The van der Waals surface area contributed by atoms with Gasteiger partial charge in [0.05, 0.1) is 10.7 Å². The van der Waals surface area contributed by atoms with Crippen LogP contribution in [0.3, 0.4) is 0 Å². The molecule has 1 aromatic rings. The SMILES string of the molecule is Cc1cc(SCC(C(=N)N)C(F)(F)F)n(C)n1. The summed E-state index contributed by atoms with van der Waals surface area (Å²) in [6, 6.07) is 1.69. The van der Waals surface area contributed by atoms with Gasteiger partial charge in [-0.05, 0) is 13.0 Å². The highest BCUT2D eigenvalue weighted by molar-refractivity contribution is 7.99. The number of nitrogens with zero attached hydrogens (tertiary/aromatic N) is 2. The van der Waals surface area contributed by atoms with E-state index in [0.29, 0.717) is 5.03 Å².